The van der Waals surface area contributed by atoms with Crippen LogP contribution in [0.2, 0.25) is 0 Å². The molecule has 0 saturated heterocycles. The van der Waals surface area contributed by atoms with Crippen molar-refractivity contribution in [2.45, 2.75) is 25.0 Å². The highest BCUT2D eigenvalue weighted by Crippen LogP contribution is 2.25. The smallest absolute Gasteiger partial charge is 0.323 e. The lowest BCUT2D eigenvalue weighted by molar-refractivity contribution is 0.153. The summed E-state index contributed by atoms with van der Waals surface area (Å²) in [6.07, 6.45) is 1.74. The second-order valence-electron chi connectivity index (χ2n) is 3.42. The van der Waals surface area contributed by atoms with E-state index in [0.29, 0.717) is 6.42 Å². The van der Waals surface area contributed by atoms with E-state index < -0.39 is 6.09 Å². The molecule has 0 aromatic heterocycles. The number of nitrogens with zero attached hydrogens (tertiary/aromatic N) is 2. The molecule has 1 N–H and O–H groups in total. The highest BCUT2D eigenvalue weighted by atomic mass is 32.2. The fourth-order valence-electron chi connectivity index (χ4n) is 0.710. The number of thioether (sulfide) groups is 1. The molecular weight excluding hydrogens is 214 g/mol. The Kier molecular flexibility index (Phi) is 5.79. The Morgan fingerprint density at radius 2 is 2.27 bits per heavy atom. The summed E-state index contributed by atoms with van der Waals surface area (Å²) in [4.78, 5) is 15.2. The molecular formula is C9H15N3O2S. The van der Waals surface area contributed by atoms with E-state index in [4.69, 9.17) is 5.26 Å². The van der Waals surface area contributed by atoms with E-state index in [-0.39, 0.29) is 10.5 Å². The van der Waals surface area contributed by atoms with Crippen molar-refractivity contribution in [3.8, 4) is 6.07 Å². The van der Waals surface area contributed by atoms with Gasteiger partial charge in [-0.05, 0) is 6.26 Å². The molecule has 0 fully saturated rings. The van der Waals surface area contributed by atoms with Crippen molar-refractivity contribution in [1.29, 1.82) is 5.26 Å². The van der Waals surface area contributed by atoms with Gasteiger partial charge in [0.2, 0.25) is 0 Å². The highest BCUT2D eigenvalue weighted by Gasteiger charge is 2.19. The fourth-order valence-corrected chi connectivity index (χ4v) is 0.991. The second-order valence-corrected chi connectivity index (χ2v) is 4.93. The maximum atomic E-state index is 10.7. The third-order valence-electron chi connectivity index (χ3n) is 1.72. The fraction of sp³-hybridized carbons (Fsp3) is 0.667. The minimum atomic E-state index is -0.676. The van der Waals surface area contributed by atoms with Gasteiger partial charge in [0.05, 0.1) is 0 Å². The molecule has 0 aliphatic carbocycles. The second kappa shape index (κ2) is 6.30. The van der Waals surface area contributed by atoms with Gasteiger partial charge in [-0.3, -0.25) is 4.84 Å². The van der Waals surface area contributed by atoms with Crippen LogP contribution >= 0.6 is 11.8 Å². The Labute approximate surface area is 93.8 Å². The summed E-state index contributed by atoms with van der Waals surface area (Å²) in [5.74, 6) is 0. The summed E-state index contributed by atoms with van der Waals surface area (Å²) in [5, 5.41) is 14.5. The largest absolute Gasteiger partial charge is 0.433 e. The number of hydrogen-bond acceptors (Lipinski definition) is 5. The number of carbonyl (C=O) groups is 1. The van der Waals surface area contributed by atoms with E-state index in [1.54, 1.807) is 11.8 Å². The lowest BCUT2D eigenvalue weighted by Crippen LogP contribution is -2.21. The van der Waals surface area contributed by atoms with Gasteiger partial charge in [-0.1, -0.05) is 19.0 Å². The summed E-state index contributed by atoms with van der Waals surface area (Å²) in [6, 6.07) is 1.90. The molecule has 5 nitrogen and oxygen atoms in total. The maximum Gasteiger partial charge on any atom is 0.433 e. The van der Waals surface area contributed by atoms with Crippen LogP contribution < -0.4 is 5.32 Å². The molecule has 0 aliphatic heterocycles. The summed E-state index contributed by atoms with van der Waals surface area (Å²) in [6.45, 7) is 3.98. The average Bonchev–Trinajstić information content (AvgIpc) is 2.23. The quantitative estimate of drug-likeness (QED) is 0.453. The zero-order chi connectivity index (χ0) is 11.9. The van der Waals surface area contributed by atoms with Crippen molar-refractivity contribution in [2.75, 3.05) is 13.3 Å². The van der Waals surface area contributed by atoms with Gasteiger partial charge in [0.15, 0.2) is 5.71 Å². The summed E-state index contributed by atoms with van der Waals surface area (Å²) < 4.78 is -0.0966. The molecule has 0 atom stereocenters. The molecule has 84 valence electrons. The third kappa shape index (κ3) is 5.96. The Hall–Kier alpha value is -1.22. The zero-order valence-corrected chi connectivity index (χ0v) is 10.1. The van der Waals surface area contributed by atoms with Crippen molar-refractivity contribution < 1.29 is 9.63 Å². The van der Waals surface area contributed by atoms with Gasteiger partial charge in [0.25, 0.3) is 0 Å². The summed E-state index contributed by atoms with van der Waals surface area (Å²) >= 11 is 1.62. The first kappa shape index (κ1) is 13.8. The normalized spacial score (nSPS) is 11.8. The number of oxime groups is 1. The van der Waals surface area contributed by atoms with Crippen LogP contribution in [-0.2, 0) is 4.84 Å². The van der Waals surface area contributed by atoms with E-state index in [9.17, 15) is 4.79 Å². The summed E-state index contributed by atoms with van der Waals surface area (Å²) in [5.41, 5.74) is 0.206. The minimum absolute atomic E-state index is 0.0966. The number of rotatable bonds is 4. The molecule has 6 heteroatoms. The van der Waals surface area contributed by atoms with E-state index in [2.05, 4.69) is 15.3 Å². The number of amides is 1. The van der Waals surface area contributed by atoms with Crippen LogP contribution in [0.1, 0.15) is 20.3 Å². The van der Waals surface area contributed by atoms with E-state index in [1.165, 1.54) is 7.05 Å². The summed E-state index contributed by atoms with van der Waals surface area (Å²) in [7, 11) is 1.43. The van der Waals surface area contributed by atoms with E-state index >= 15 is 0 Å². The molecule has 0 aliphatic rings. The van der Waals surface area contributed by atoms with Crippen molar-refractivity contribution in [2.24, 2.45) is 5.16 Å². The average molecular weight is 229 g/mol. The van der Waals surface area contributed by atoms with Crippen molar-refractivity contribution in [1.82, 2.24) is 5.32 Å². The standard InChI is InChI=1S/C9H15N3O2S/c1-9(2,15-4)5-7(6-10)12-14-8(13)11-3/h5H2,1-4H3,(H,11,13). The van der Waals surface area contributed by atoms with Crippen LogP contribution in [0, 0.1) is 11.3 Å². The molecule has 0 saturated carbocycles. The van der Waals surface area contributed by atoms with Gasteiger partial charge in [-0.15, -0.1) is 0 Å². The molecule has 0 aromatic rings. The monoisotopic (exact) mass is 229 g/mol. The van der Waals surface area contributed by atoms with Gasteiger partial charge in [-0.2, -0.15) is 17.0 Å². The molecule has 0 rings (SSSR count). The van der Waals surface area contributed by atoms with Gasteiger partial charge < -0.3 is 5.32 Å². The maximum absolute atomic E-state index is 10.7. The molecule has 0 bridgehead atoms. The number of carbonyl (C=O) groups excluding carboxylic acids is 1. The molecule has 0 unspecified atom stereocenters. The topological polar surface area (TPSA) is 74.5 Å². The van der Waals surface area contributed by atoms with Gasteiger partial charge in [0, 0.05) is 18.2 Å². The zero-order valence-electron chi connectivity index (χ0n) is 9.33. The Morgan fingerprint density at radius 3 is 2.67 bits per heavy atom. The Balaban J connectivity index is 4.39. The number of nitrogens with one attached hydrogen (secondary N) is 1. The lowest BCUT2D eigenvalue weighted by atomic mass is 10.1. The van der Waals surface area contributed by atoms with Crippen LogP contribution in [0.15, 0.2) is 5.16 Å². The van der Waals surface area contributed by atoms with Crippen molar-refractivity contribution in [3.63, 3.8) is 0 Å². The lowest BCUT2D eigenvalue weighted by Gasteiger charge is -2.19. The first-order chi connectivity index (χ1) is 6.95. The first-order valence-corrected chi connectivity index (χ1v) is 5.58. The molecule has 0 radical (unpaired) electrons. The number of hydrogen-bond donors (Lipinski definition) is 1. The SMILES string of the molecule is CNC(=O)ON=C(C#N)CC(C)(C)SC. The van der Waals surface area contributed by atoms with Crippen LogP contribution in [0.4, 0.5) is 4.79 Å². The Bertz CT molecular complexity index is 294. The molecule has 1 amide bonds. The van der Waals surface area contributed by atoms with Crippen molar-refractivity contribution in [3.05, 3.63) is 0 Å². The van der Waals surface area contributed by atoms with Gasteiger partial charge in [-0.25, -0.2) is 4.79 Å². The van der Waals surface area contributed by atoms with Crippen molar-refractivity contribution >= 4 is 23.6 Å². The first-order valence-electron chi connectivity index (χ1n) is 4.36. The van der Waals surface area contributed by atoms with Crippen LogP contribution in [-0.4, -0.2) is 29.9 Å². The van der Waals surface area contributed by atoms with Crippen LogP contribution in [0.3, 0.4) is 0 Å². The predicted octanol–water partition coefficient (Wildman–Crippen LogP) is 1.75. The van der Waals surface area contributed by atoms with Gasteiger partial charge >= 0.3 is 6.09 Å². The van der Waals surface area contributed by atoms with Crippen LogP contribution in [0.5, 0.6) is 0 Å². The van der Waals surface area contributed by atoms with Gasteiger partial charge in [0.1, 0.15) is 6.07 Å². The predicted molar refractivity (Wildman–Crippen MR) is 60.8 cm³/mol. The van der Waals surface area contributed by atoms with E-state index in [0.717, 1.165) is 0 Å². The molecule has 0 spiro atoms. The third-order valence-corrected chi connectivity index (χ3v) is 2.97. The molecule has 15 heavy (non-hydrogen) atoms. The molecule has 0 heterocycles. The molecule has 0 aromatic carbocycles. The van der Waals surface area contributed by atoms with E-state index in [1.807, 2.05) is 26.2 Å². The van der Waals surface area contributed by atoms with Crippen LogP contribution in [0.25, 0.3) is 0 Å². The highest BCUT2D eigenvalue weighted by molar-refractivity contribution is 7.99. The number of nitriles is 1. The minimum Gasteiger partial charge on any atom is -0.323 e. The Morgan fingerprint density at radius 1 is 1.67 bits per heavy atom.